The molecule has 0 aliphatic heterocycles. The Morgan fingerprint density at radius 2 is 2.13 bits per heavy atom. The smallest absolute Gasteiger partial charge is 0.315 e. The number of aliphatic hydroxyl groups is 1. The van der Waals surface area contributed by atoms with Gasteiger partial charge in [0.15, 0.2) is 0 Å². The van der Waals surface area contributed by atoms with Gasteiger partial charge in [-0.2, -0.15) is 0 Å². The molecule has 3 rings (SSSR count). The van der Waals surface area contributed by atoms with E-state index >= 15 is 0 Å². The third-order valence-electron chi connectivity index (χ3n) is 4.28. The molecule has 2 aromatic rings. The molecule has 1 aliphatic rings. The number of carbonyl (C=O) groups is 1. The first-order valence-corrected chi connectivity index (χ1v) is 8.07. The van der Waals surface area contributed by atoms with E-state index in [1.165, 1.54) is 0 Å². The molecule has 0 spiro atoms. The molecule has 1 heterocycles. The molecule has 1 unspecified atom stereocenters. The summed E-state index contributed by atoms with van der Waals surface area (Å²) in [5.74, 6) is 0.969. The van der Waals surface area contributed by atoms with Gasteiger partial charge in [0.1, 0.15) is 5.76 Å². The monoisotopic (exact) mass is 314 g/mol. The average Bonchev–Trinajstić information content (AvgIpc) is 3.05. The first-order valence-electron chi connectivity index (χ1n) is 8.07. The third kappa shape index (κ3) is 3.74. The highest BCUT2D eigenvalue weighted by Gasteiger charge is 2.24. The van der Waals surface area contributed by atoms with Crippen LogP contribution in [0.3, 0.4) is 0 Å². The van der Waals surface area contributed by atoms with Gasteiger partial charge in [0.2, 0.25) is 0 Å². The third-order valence-corrected chi connectivity index (χ3v) is 4.28. The molecule has 2 atom stereocenters. The van der Waals surface area contributed by atoms with Crippen LogP contribution < -0.4 is 10.6 Å². The Balaban J connectivity index is 1.64. The van der Waals surface area contributed by atoms with Crippen molar-refractivity contribution in [3.63, 3.8) is 0 Å². The van der Waals surface area contributed by atoms with Crippen LogP contribution in [0.5, 0.6) is 0 Å². The van der Waals surface area contributed by atoms with Gasteiger partial charge in [-0.15, -0.1) is 0 Å². The highest BCUT2D eigenvalue weighted by atomic mass is 16.3. The van der Waals surface area contributed by atoms with Crippen LogP contribution in [-0.4, -0.2) is 17.7 Å². The van der Waals surface area contributed by atoms with E-state index in [1.807, 2.05) is 36.4 Å². The van der Waals surface area contributed by atoms with E-state index in [0.29, 0.717) is 6.42 Å². The van der Waals surface area contributed by atoms with Crippen LogP contribution >= 0.6 is 0 Å². The van der Waals surface area contributed by atoms with Crippen molar-refractivity contribution in [2.75, 3.05) is 6.61 Å². The van der Waals surface area contributed by atoms with E-state index in [0.717, 1.165) is 36.1 Å². The minimum absolute atomic E-state index is 0.0111. The molecule has 0 radical (unpaired) electrons. The van der Waals surface area contributed by atoms with E-state index in [1.54, 1.807) is 6.26 Å². The zero-order valence-corrected chi connectivity index (χ0v) is 13.0. The van der Waals surface area contributed by atoms with Gasteiger partial charge < -0.3 is 20.2 Å². The van der Waals surface area contributed by atoms with Crippen LogP contribution in [-0.2, 0) is 6.42 Å². The quantitative estimate of drug-likeness (QED) is 0.794. The fourth-order valence-corrected chi connectivity index (χ4v) is 3.13. The molecule has 3 N–H and O–H groups in total. The number of hydrogen-bond acceptors (Lipinski definition) is 3. The fraction of sp³-hybridized carbons (Fsp3) is 0.389. The normalized spacial score (nSPS) is 18.0. The topological polar surface area (TPSA) is 74.5 Å². The zero-order chi connectivity index (χ0) is 16.1. The van der Waals surface area contributed by atoms with Gasteiger partial charge in [-0.05, 0) is 30.9 Å². The van der Waals surface area contributed by atoms with E-state index in [4.69, 9.17) is 4.42 Å². The Labute approximate surface area is 135 Å². The molecule has 0 bridgehead atoms. The van der Waals surface area contributed by atoms with Gasteiger partial charge >= 0.3 is 6.03 Å². The van der Waals surface area contributed by atoms with E-state index in [-0.39, 0.29) is 24.7 Å². The first-order chi connectivity index (χ1) is 11.3. The predicted octanol–water partition coefficient (Wildman–Crippen LogP) is 3.08. The summed E-state index contributed by atoms with van der Waals surface area (Å²) in [6.07, 6.45) is 5.01. The summed E-state index contributed by atoms with van der Waals surface area (Å²) in [6.45, 7) is 0.0230. The second-order valence-electron chi connectivity index (χ2n) is 5.84. The van der Waals surface area contributed by atoms with E-state index < -0.39 is 0 Å². The summed E-state index contributed by atoms with van der Waals surface area (Å²) in [6, 6.07) is 11.2. The Bertz CT molecular complexity index is 639. The largest absolute Gasteiger partial charge is 0.469 e. The van der Waals surface area contributed by atoms with Gasteiger partial charge in [0, 0.05) is 18.6 Å². The molecule has 0 saturated carbocycles. The second kappa shape index (κ2) is 7.33. The molecular weight excluding hydrogens is 292 g/mol. The number of benzene rings is 1. The van der Waals surface area contributed by atoms with Crippen LogP contribution in [0.1, 0.15) is 48.2 Å². The number of aryl methyl sites for hydroxylation is 1. The van der Waals surface area contributed by atoms with Crippen LogP contribution in [0.25, 0.3) is 0 Å². The predicted molar refractivity (Wildman–Crippen MR) is 86.9 cm³/mol. The van der Waals surface area contributed by atoms with Crippen molar-refractivity contribution in [2.24, 2.45) is 0 Å². The molecule has 5 heteroatoms. The molecule has 0 saturated heterocycles. The SMILES string of the molecule is O=C(NC1CCCc2occc21)N[C@H](CCO)c1ccccc1. The average molecular weight is 314 g/mol. The standard InChI is InChI=1S/C18H22N2O3/c21-11-9-15(13-5-2-1-3-6-13)19-18(22)20-16-7-4-8-17-14(16)10-12-23-17/h1-3,5-6,10,12,15-16,21H,4,7-9,11H2,(H2,19,20,22)/t15-,16?/m1/s1. The molecule has 5 nitrogen and oxygen atoms in total. The summed E-state index contributed by atoms with van der Waals surface area (Å²) in [5, 5.41) is 15.2. The van der Waals surface area contributed by atoms with Crippen LogP contribution in [0.2, 0.25) is 0 Å². The molecule has 122 valence electrons. The van der Waals surface area contributed by atoms with Gasteiger partial charge in [-0.3, -0.25) is 0 Å². The first kappa shape index (κ1) is 15.6. The lowest BCUT2D eigenvalue weighted by molar-refractivity contribution is 0.224. The minimum atomic E-state index is -0.216. The van der Waals surface area contributed by atoms with Gasteiger partial charge in [0.05, 0.1) is 18.3 Å². The number of furan rings is 1. The van der Waals surface area contributed by atoms with Crippen molar-refractivity contribution in [1.82, 2.24) is 10.6 Å². The highest BCUT2D eigenvalue weighted by molar-refractivity contribution is 5.75. The summed E-state index contributed by atoms with van der Waals surface area (Å²) < 4.78 is 5.45. The van der Waals surface area contributed by atoms with E-state index in [9.17, 15) is 9.90 Å². The molecule has 1 aromatic heterocycles. The van der Waals surface area contributed by atoms with Crippen molar-refractivity contribution >= 4 is 6.03 Å². The van der Waals surface area contributed by atoms with Crippen molar-refractivity contribution in [2.45, 2.75) is 37.8 Å². The fourth-order valence-electron chi connectivity index (χ4n) is 3.13. The van der Waals surface area contributed by atoms with Crippen LogP contribution in [0.4, 0.5) is 4.79 Å². The van der Waals surface area contributed by atoms with Crippen molar-refractivity contribution in [3.8, 4) is 0 Å². The van der Waals surface area contributed by atoms with Gasteiger partial charge in [0.25, 0.3) is 0 Å². The maximum atomic E-state index is 12.4. The van der Waals surface area contributed by atoms with Crippen LogP contribution in [0, 0.1) is 0 Å². The minimum Gasteiger partial charge on any atom is -0.469 e. The number of nitrogens with one attached hydrogen (secondary N) is 2. The second-order valence-corrected chi connectivity index (χ2v) is 5.84. The summed E-state index contributed by atoms with van der Waals surface area (Å²) >= 11 is 0. The molecule has 23 heavy (non-hydrogen) atoms. The molecular formula is C18H22N2O3. The Morgan fingerprint density at radius 3 is 2.91 bits per heavy atom. The molecule has 1 aliphatic carbocycles. The van der Waals surface area contributed by atoms with E-state index in [2.05, 4.69) is 10.6 Å². The highest BCUT2D eigenvalue weighted by Crippen LogP contribution is 2.30. The maximum Gasteiger partial charge on any atom is 0.315 e. The Kier molecular flexibility index (Phi) is 4.98. The number of rotatable bonds is 5. The van der Waals surface area contributed by atoms with Gasteiger partial charge in [-0.25, -0.2) is 4.79 Å². The number of urea groups is 1. The maximum absolute atomic E-state index is 12.4. The molecule has 1 aromatic carbocycles. The number of hydrogen-bond donors (Lipinski definition) is 3. The van der Waals surface area contributed by atoms with Crippen LogP contribution in [0.15, 0.2) is 47.1 Å². The lowest BCUT2D eigenvalue weighted by Gasteiger charge is -2.25. The van der Waals surface area contributed by atoms with Gasteiger partial charge in [-0.1, -0.05) is 30.3 Å². The lowest BCUT2D eigenvalue weighted by Crippen LogP contribution is -2.41. The summed E-state index contributed by atoms with van der Waals surface area (Å²) in [4.78, 5) is 12.4. The summed E-state index contributed by atoms with van der Waals surface area (Å²) in [7, 11) is 0. The van der Waals surface area contributed by atoms with Crippen molar-refractivity contribution in [3.05, 3.63) is 59.5 Å². The molecule has 2 amide bonds. The Hall–Kier alpha value is -2.27. The summed E-state index contributed by atoms with van der Waals surface area (Å²) in [5.41, 5.74) is 2.06. The van der Waals surface area contributed by atoms with Crippen molar-refractivity contribution < 1.29 is 14.3 Å². The molecule has 0 fully saturated rings. The number of aliphatic hydroxyl groups excluding tert-OH is 1. The number of carbonyl (C=O) groups excluding carboxylic acids is 1. The number of amides is 2. The lowest BCUT2D eigenvalue weighted by atomic mass is 9.93. The zero-order valence-electron chi connectivity index (χ0n) is 13.0. The van der Waals surface area contributed by atoms with Crippen molar-refractivity contribution in [1.29, 1.82) is 0 Å². The Morgan fingerprint density at radius 1 is 1.30 bits per heavy atom. The number of fused-ring (bicyclic) bond motifs is 1.